The zero-order chi connectivity index (χ0) is 30.0. The highest BCUT2D eigenvalue weighted by atomic mass is 16.3. The van der Waals surface area contributed by atoms with E-state index in [0.717, 1.165) is 38.6 Å². The van der Waals surface area contributed by atoms with Gasteiger partial charge in [-0.25, -0.2) is 0 Å². The first-order valence-electron chi connectivity index (χ1n) is 13.6. The van der Waals surface area contributed by atoms with E-state index in [2.05, 4.69) is 5.32 Å². The third-order valence-electron chi connectivity index (χ3n) is 7.91. The summed E-state index contributed by atoms with van der Waals surface area (Å²) in [5, 5.41) is 14.6. The van der Waals surface area contributed by atoms with Gasteiger partial charge in [-0.2, -0.15) is 0 Å². The summed E-state index contributed by atoms with van der Waals surface area (Å²) in [4.78, 5) is 54.6. The quantitative estimate of drug-likeness (QED) is 0.327. The Balaban J connectivity index is 1.53. The molecule has 10 nitrogen and oxygen atoms in total. The topological polar surface area (TPSA) is 159 Å². The van der Waals surface area contributed by atoms with Gasteiger partial charge in [0.1, 0.15) is 17.8 Å². The number of rotatable bonds is 8. The van der Waals surface area contributed by atoms with Gasteiger partial charge < -0.3 is 31.7 Å². The van der Waals surface area contributed by atoms with Crippen LogP contribution in [0.4, 0.5) is 0 Å². The van der Waals surface area contributed by atoms with Crippen LogP contribution >= 0.6 is 0 Å². The van der Waals surface area contributed by atoms with E-state index in [1.807, 2.05) is 50.2 Å². The highest BCUT2D eigenvalue weighted by molar-refractivity contribution is 5.95. The molecule has 3 atom stereocenters. The molecule has 6 N–H and O–H groups in total. The molecule has 4 rings (SSSR count). The monoisotopic (exact) mass is 559 g/mol. The van der Waals surface area contributed by atoms with E-state index in [1.54, 1.807) is 19.1 Å². The number of primary amides is 1. The molecule has 0 saturated carbocycles. The van der Waals surface area contributed by atoms with Crippen molar-refractivity contribution in [1.82, 2.24) is 15.1 Å². The Morgan fingerprint density at radius 2 is 1.78 bits per heavy atom. The van der Waals surface area contributed by atoms with Crippen LogP contribution in [0.2, 0.25) is 0 Å². The van der Waals surface area contributed by atoms with Crippen LogP contribution in [-0.4, -0.2) is 70.3 Å². The largest absolute Gasteiger partial charge is 0.508 e. The number of hydrogen-bond donors (Lipinski definition) is 4. The first-order chi connectivity index (χ1) is 19.4. The Hall–Kier alpha value is -4.44. The average molecular weight is 560 g/mol. The van der Waals surface area contributed by atoms with Gasteiger partial charge in [0.2, 0.25) is 23.6 Å². The van der Waals surface area contributed by atoms with Crippen LogP contribution in [0.15, 0.2) is 48.5 Å². The molecular weight excluding hydrogens is 522 g/mol. The van der Waals surface area contributed by atoms with Crippen molar-refractivity contribution in [2.45, 2.75) is 58.3 Å². The molecule has 41 heavy (non-hydrogen) atoms. The zero-order valence-corrected chi connectivity index (χ0v) is 23.8. The molecule has 0 bridgehead atoms. The second-order valence-electron chi connectivity index (χ2n) is 10.8. The van der Waals surface area contributed by atoms with Crippen LogP contribution in [0.1, 0.15) is 34.7 Å². The van der Waals surface area contributed by atoms with E-state index in [4.69, 9.17) is 11.5 Å². The minimum absolute atomic E-state index is 0.143. The standard InChI is InChI=1S/C31H37N5O5/c1-17-11-22(37)12-18(2)24(17)13-26(32)30(40)35(4)19(3)29(39)34-27-14-25-21(15-36(31(27)41)16-28(33)38)10-9-20-7-5-6-8-23(20)25/h5-12,19,26-27,37H,13-16,32H2,1-4H3,(H2,33,38)(H,34,39)/t19-,26+,27+/m1/s1. The van der Waals surface area contributed by atoms with E-state index in [1.165, 1.54) is 16.8 Å². The summed E-state index contributed by atoms with van der Waals surface area (Å²) in [6.07, 6.45) is 0.461. The fraction of sp³-hybridized carbons (Fsp3) is 0.355. The number of carbonyl (C=O) groups excluding carboxylic acids is 4. The highest BCUT2D eigenvalue weighted by Crippen LogP contribution is 2.28. The van der Waals surface area contributed by atoms with E-state index < -0.39 is 41.8 Å². The van der Waals surface area contributed by atoms with Crippen molar-refractivity contribution in [3.8, 4) is 5.75 Å². The zero-order valence-electron chi connectivity index (χ0n) is 23.8. The Bertz CT molecular complexity index is 1500. The SMILES string of the molecule is Cc1cc(O)cc(C)c1C[C@H](N)C(=O)N(C)[C@H](C)C(=O)N[C@H]1Cc2c(ccc3ccccc23)CN(CC(N)=O)C1=O. The van der Waals surface area contributed by atoms with Crippen LogP contribution in [0.5, 0.6) is 5.75 Å². The summed E-state index contributed by atoms with van der Waals surface area (Å²) in [5.74, 6) is -1.89. The molecule has 4 amide bonds. The fourth-order valence-electron chi connectivity index (χ4n) is 5.52. The van der Waals surface area contributed by atoms with Gasteiger partial charge >= 0.3 is 0 Å². The molecule has 1 aliphatic rings. The molecule has 0 spiro atoms. The summed E-state index contributed by atoms with van der Waals surface area (Å²) in [6.45, 7) is 5.16. The number of aromatic hydroxyl groups is 1. The Morgan fingerprint density at radius 3 is 2.44 bits per heavy atom. The second-order valence-corrected chi connectivity index (χ2v) is 10.8. The number of fused-ring (bicyclic) bond motifs is 3. The number of amides is 4. The van der Waals surface area contributed by atoms with Gasteiger partial charge in [0.05, 0.1) is 12.6 Å². The van der Waals surface area contributed by atoms with Crippen LogP contribution in [0, 0.1) is 13.8 Å². The van der Waals surface area contributed by atoms with E-state index in [0.29, 0.717) is 0 Å². The number of phenolic OH excluding ortho intramolecular Hbond substituents is 1. The molecule has 0 aliphatic carbocycles. The molecule has 1 aliphatic heterocycles. The number of benzene rings is 3. The smallest absolute Gasteiger partial charge is 0.246 e. The number of nitrogens with one attached hydrogen (secondary N) is 1. The van der Waals surface area contributed by atoms with Crippen LogP contribution in [0.3, 0.4) is 0 Å². The predicted octanol–water partition coefficient (Wildman–Crippen LogP) is 1.43. The van der Waals surface area contributed by atoms with Crippen molar-refractivity contribution in [1.29, 1.82) is 0 Å². The second kappa shape index (κ2) is 12.0. The van der Waals surface area contributed by atoms with Gasteiger partial charge in [-0.05, 0) is 77.9 Å². The maximum Gasteiger partial charge on any atom is 0.246 e. The molecule has 1 heterocycles. The van der Waals surface area contributed by atoms with Crippen molar-refractivity contribution in [3.63, 3.8) is 0 Å². The normalized spacial score (nSPS) is 16.5. The molecule has 0 aromatic heterocycles. The number of nitrogens with two attached hydrogens (primary N) is 2. The minimum atomic E-state index is -0.962. The third-order valence-corrected chi connectivity index (χ3v) is 7.91. The lowest BCUT2D eigenvalue weighted by Gasteiger charge is -2.29. The molecule has 0 fully saturated rings. The summed E-state index contributed by atoms with van der Waals surface area (Å²) >= 11 is 0. The Labute approximate surface area is 239 Å². The van der Waals surface area contributed by atoms with Crippen molar-refractivity contribution in [2.75, 3.05) is 13.6 Å². The lowest BCUT2D eigenvalue weighted by atomic mass is 9.94. The number of nitrogens with zero attached hydrogens (tertiary/aromatic N) is 2. The van der Waals surface area contributed by atoms with Gasteiger partial charge in [-0.3, -0.25) is 19.2 Å². The first-order valence-corrected chi connectivity index (χ1v) is 13.6. The number of phenols is 1. The molecule has 0 saturated heterocycles. The summed E-state index contributed by atoms with van der Waals surface area (Å²) in [7, 11) is 1.50. The minimum Gasteiger partial charge on any atom is -0.508 e. The highest BCUT2D eigenvalue weighted by Gasteiger charge is 2.35. The number of likely N-dealkylation sites (N-methyl/N-ethyl adjacent to an activating group) is 1. The molecular formula is C31H37N5O5. The van der Waals surface area contributed by atoms with E-state index in [9.17, 15) is 24.3 Å². The van der Waals surface area contributed by atoms with E-state index in [-0.39, 0.29) is 31.7 Å². The van der Waals surface area contributed by atoms with Gasteiger partial charge in [0.25, 0.3) is 0 Å². The van der Waals surface area contributed by atoms with Gasteiger partial charge in [0, 0.05) is 20.0 Å². The lowest BCUT2D eigenvalue weighted by molar-refractivity contribution is -0.142. The molecule has 0 unspecified atom stereocenters. The first kappa shape index (κ1) is 29.5. The van der Waals surface area contributed by atoms with Gasteiger partial charge in [-0.1, -0.05) is 36.4 Å². The maximum absolute atomic E-state index is 13.5. The van der Waals surface area contributed by atoms with Crippen molar-refractivity contribution in [3.05, 3.63) is 76.3 Å². The van der Waals surface area contributed by atoms with Crippen molar-refractivity contribution >= 4 is 34.4 Å². The molecule has 10 heteroatoms. The summed E-state index contributed by atoms with van der Waals surface area (Å²) in [5.41, 5.74) is 16.0. The molecule has 216 valence electrons. The number of carbonyl (C=O) groups is 4. The van der Waals surface area contributed by atoms with Crippen molar-refractivity contribution in [2.24, 2.45) is 11.5 Å². The van der Waals surface area contributed by atoms with E-state index >= 15 is 0 Å². The maximum atomic E-state index is 13.5. The van der Waals surface area contributed by atoms with Crippen LogP contribution < -0.4 is 16.8 Å². The summed E-state index contributed by atoms with van der Waals surface area (Å²) in [6, 6.07) is 12.1. The number of hydrogen-bond acceptors (Lipinski definition) is 6. The molecule has 3 aromatic carbocycles. The third kappa shape index (κ3) is 6.33. The van der Waals surface area contributed by atoms with Gasteiger partial charge in [0.15, 0.2) is 0 Å². The Morgan fingerprint density at radius 1 is 1.12 bits per heavy atom. The molecule has 3 aromatic rings. The summed E-state index contributed by atoms with van der Waals surface area (Å²) < 4.78 is 0. The number of aryl methyl sites for hydroxylation is 2. The van der Waals surface area contributed by atoms with Gasteiger partial charge in [-0.15, -0.1) is 0 Å². The fourth-order valence-corrected chi connectivity index (χ4v) is 5.52. The molecule has 0 radical (unpaired) electrons. The Kier molecular flexibility index (Phi) is 8.63. The van der Waals surface area contributed by atoms with Crippen LogP contribution in [-0.2, 0) is 38.6 Å². The lowest BCUT2D eigenvalue weighted by Crippen LogP contribution is -2.56. The predicted molar refractivity (Wildman–Crippen MR) is 156 cm³/mol. The van der Waals surface area contributed by atoms with Crippen LogP contribution in [0.25, 0.3) is 10.8 Å². The van der Waals surface area contributed by atoms with Crippen molar-refractivity contribution < 1.29 is 24.3 Å². The average Bonchev–Trinajstić information content (AvgIpc) is 3.05.